The van der Waals surface area contributed by atoms with Gasteiger partial charge < -0.3 is 15.4 Å². The molecular weight excluding hydrogens is 374 g/mol. The highest BCUT2D eigenvalue weighted by molar-refractivity contribution is 6.00. The van der Waals surface area contributed by atoms with Crippen LogP contribution in [-0.2, 0) is 19.1 Å². The van der Waals surface area contributed by atoms with Crippen LogP contribution in [0.3, 0.4) is 0 Å². The normalized spacial score (nSPS) is 19.0. The van der Waals surface area contributed by atoms with Gasteiger partial charge >= 0.3 is 12.0 Å². The molecule has 1 saturated carbocycles. The maximum atomic E-state index is 12.2. The molecule has 0 spiro atoms. The van der Waals surface area contributed by atoms with Crippen LogP contribution in [0.1, 0.15) is 45.1 Å². The molecule has 0 unspecified atom stereocenters. The van der Waals surface area contributed by atoms with Crippen molar-refractivity contribution in [3.63, 3.8) is 0 Å². The number of nitrogens with one attached hydrogen (secondary N) is 3. The molecular formula is C21H27N3O5. The van der Waals surface area contributed by atoms with Gasteiger partial charge in [0.05, 0.1) is 0 Å². The number of hydrogen-bond acceptors (Lipinski definition) is 5. The lowest BCUT2D eigenvalue weighted by molar-refractivity contribution is -0.145. The van der Waals surface area contributed by atoms with E-state index in [4.69, 9.17) is 4.74 Å². The number of carbonyl (C=O) groups excluding carboxylic acids is 4. The molecule has 1 aromatic rings. The van der Waals surface area contributed by atoms with Crippen molar-refractivity contribution in [2.24, 2.45) is 5.92 Å². The Bertz CT molecular complexity index is 776. The van der Waals surface area contributed by atoms with Crippen LogP contribution in [0.25, 0.3) is 6.08 Å². The van der Waals surface area contributed by atoms with Crippen molar-refractivity contribution in [2.45, 2.75) is 45.6 Å². The van der Waals surface area contributed by atoms with E-state index < -0.39 is 30.4 Å². The largest absolute Gasteiger partial charge is 0.451 e. The molecule has 1 fully saturated rings. The molecule has 1 aliphatic carbocycles. The Labute approximate surface area is 170 Å². The molecule has 4 amide bonds. The summed E-state index contributed by atoms with van der Waals surface area (Å²) in [6.45, 7) is 2.68. The number of carbonyl (C=O) groups is 4. The second kappa shape index (κ2) is 11.0. The van der Waals surface area contributed by atoms with Gasteiger partial charge in [-0.15, -0.1) is 0 Å². The SMILES string of the molecule is CC(=O)N/C(=C\c1ccccc1)C(=O)OCC(=O)NC(=O)N[C@@H]1CCCC[C@@H]1C. The molecule has 8 nitrogen and oxygen atoms in total. The Morgan fingerprint density at radius 3 is 2.41 bits per heavy atom. The van der Waals surface area contributed by atoms with Gasteiger partial charge in [-0.05, 0) is 30.4 Å². The van der Waals surface area contributed by atoms with E-state index in [1.807, 2.05) is 6.07 Å². The zero-order chi connectivity index (χ0) is 21.2. The predicted octanol–water partition coefficient (Wildman–Crippen LogP) is 2.11. The standard InChI is InChI=1S/C21H27N3O5/c1-14-8-6-7-11-17(14)23-21(28)24-19(26)13-29-20(27)18(22-15(2)25)12-16-9-4-3-5-10-16/h3-5,9-10,12,14,17H,6-8,11,13H2,1-2H3,(H,22,25)(H2,23,24,26,28)/b18-12-/t14-,17+/m0/s1. The van der Waals surface area contributed by atoms with E-state index in [1.54, 1.807) is 24.3 Å². The number of esters is 1. The lowest BCUT2D eigenvalue weighted by atomic mass is 9.86. The van der Waals surface area contributed by atoms with Crippen molar-refractivity contribution < 1.29 is 23.9 Å². The first-order valence-electron chi connectivity index (χ1n) is 9.67. The lowest BCUT2D eigenvalue weighted by Gasteiger charge is -2.29. The van der Waals surface area contributed by atoms with Crippen LogP contribution in [0, 0.1) is 5.92 Å². The van der Waals surface area contributed by atoms with Crippen LogP contribution in [0.15, 0.2) is 36.0 Å². The van der Waals surface area contributed by atoms with Gasteiger partial charge in [-0.3, -0.25) is 14.9 Å². The molecule has 0 aliphatic heterocycles. The first-order chi connectivity index (χ1) is 13.8. The zero-order valence-corrected chi connectivity index (χ0v) is 16.7. The highest BCUT2D eigenvalue weighted by Crippen LogP contribution is 2.23. The molecule has 0 aromatic heterocycles. The Morgan fingerprint density at radius 1 is 1.07 bits per heavy atom. The van der Waals surface area contributed by atoms with E-state index in [0.29, 0.717) is 11.5 Å². The monoisotopic (exact) mass is 401 g/mol. The van der Waals surface area contributed by atoms with Gasteiger partial charge in [-0.2, -0.15) is 0 Å². The minimum absolute atomic E-state index is 0.0271. The Morgan fingerprint density at radius 2 is 1.76 bits per heavy atom. The zero-order valence-electron chi connectivity index (χ0n) is 16.7. The van der Waals surface area contributed by atoms with Crippen molar-refractivity contribution in [1.29, 1.82) is 0 Å². The third kappa shape index (κ3) is 7.77. The fourth-order valence-corrected chi connectivity index (χ4v) is 3.16. The third-order valence-electron chi connectivity index (χ3n) is 4.66. The maximum absolute atomic E-state index is 12.2. The summed E-state index contributed by atoms with van der Waals surface area (Å²) >= 11 is 0. The summed E-state index contributed by atoms with van der Waals surface area (Å²) in [5, 5.41) is 7.34. The van der Waals surface area contributed by atoms with E-state index in [-0.39, 0.29) is 11.7 Å². The lowest BCUT2D eigenvalue weighted by Crippen LogP contribution is -2.48. The van der Waals surface area contributed by atoms with Gasteiger partial charge in [0.15, 0.2) is 6.61 Å². The van der Waals surface area contributed by atoms with E-state index in [1.165, 1.54) is 13.0 Å². The van der Waals surface area contributed by atoms with Crippen LogP contribution in [0.4, 0.5) is 4.79 Å². The Balaban J connectivity index is 1.86. The topological polar surface area (TPSA) is 114 Å². The molecule has 0 bridgehead atoms. The van der Waals surface area contributed by atoms with E-state index in [0.717, 1.165) is 25.7 Å². The summed E-state index contributed by atoms with van der Waals surface area (Å²) in [5.74, 6) is -1.72. The second-order valence-corrected chi connectivity index (χ2v) is 7.12. The highest BCUT2D eigenvalue weighted by Gasteiger charge is 2.23. The van der Waals surface area contributed by atoms with E-state index in [2.05, 4.69) is 22.9 Å². The van der Waals surface area contributed by atoms with E-state index >= 15 is 0 Å². The molecule has 156 valence electrons. The Hall–Kier alpha value is -3.16. The quantitative estimate of drug-likeness (QED) is 0.499. The van der Waals surface area contributed by atoms with Gasteiger partial charge in [0.25, 0.3) is 5.91 Å². The molecule has 0 saturated heterocycles. The van der Waals surface area contributed by atoms with E-state index in [9.17, 15) is 19.2 Å². The smallest absolute Gasteiger partial charge is 0.355 e. The highest BCUT2D eigenvalue weighted by atomic mass is 16.5. The van der Waals surface area contributed by atoms with Crippen LogP contribution < -0.4 is 16.0 Å². The number of imide groups is 1. The molecule has 3 N–H and O–H groups in total. The van der Waals surface area contributed by atoms with Crippen LogP contribution in [-0.4, -0.2) is 36.5 Å². The first-order valence-corrected chi connectivity index (χ1v) is 9.67. The summed E-state index contributed by atoms with van der Waals surface area (Å²) in [4.78, 5) is 47.5. The van der Waals surface area contributed by atoms with Gasteiger partial charge in [0.2, 0.25) is 5.91 Å². The molecule has 2 atom stereocenters. The number of urea groups is 1. The van der Waals surface area contributed by atoms with Crippen molar-refractivity contribution in [2.75, 3.05) is 6.61 Å². The van der Waals surface area contributed by atoms with Gasteiger partial charge in [-0.1, -0.05) is 50.1 Å². The fourth-order valence-electron chi connectivity index (χ4n) is 3.16. The predicted molar refractivity (Wildman–Crippen MR) is 107 cm³/mol. The van der Waals surface area contributed by atoms with Crippen molar-refractivity contribution in [3.8, 4) is 0 Å². The molecule has 1 aliphatic rings. The maximum Gasteiger partial charge on any atom is 0.355 e. The third-order valence-corrected chi connectivity index (χ3v) is 4.66. The molecule has 2 rings (SSSR count). The molecule has 1 aromatic carbocycles. The number of amides is 4. The molecule has 0 heterocycles. The fraction of sp³-hybridized carbons (Fsp3) is 0.429. The summed E-state index contributed by atoms with van der Waals surface area (Å²) < 4.78 is 4.94. The average molecular weight is 401 g/mol. The number of rotatable bonds is 6. The number of hydrogen-bond donors (Lipinski definition) is 3. The van der Waals surface area contributed by atoms with Crippen molar-refractivity contribution >= 4 is 29.9 Å². The van der Waals surface area contributed by atoms with Crippen LogP contribution in [0.5, 0.6) is 0 Å². The summed E-state index contributed by atoms with van der Waals surface area (Å²) in [6.07, 6.45) is 5.54. The summed E-state index contributed by atoms with van der Waals surface area (Å²) in [5.41, 5.74) is 0.579. The van der Waals surface area contributed by atoms with Crippen molar-refractivity contribution in [1.82, 2.24) is 16.0 Å². The second-order valence-electron chi connectivity index (χ2n) is 7.12. The molecule has 0 radical (unpaired) electrons. The van der Waals surface area contributed by atoms with Crippen LogP contribution >= 0.6 is 0 Å². The molecule has 8 heteroatoms. The minimum Gasteiger partial charge on any atom is -0.451 e. The van der Waals surface area contributed by atoms with Crippen LogP contribution in [0.2, 0.25) is 0 Å². The Kier molecular flexibility index (Phi) is 8.39. The average Bonchev–Trinajstić information content (AvgIpc) is 2.68. The minimum atomic E-state index is -0.875. The number of ether oxygens (including phenoxy) is 1. The number of benzene rings is 1. The van der Waals surface area contributed by atoms with Gasteiger partial charge in [0, 0.05) is 13.0 Å². The van der Waals surface area contributed by atoms with Crippen molar-refractivity contribution in [3.05, 3.63) is 41.6 Å². The molecule has 29 heavy (non-hydrogen) atoms. The van der Waals surface area contributed by atoms with Gasteiger partial charge in [0.1, 0.15) is 5.70 Å². The summed E-state index contributed by atoms with van der Waals surface area (Å²) in [7, 11) is 0. The summed E-state index contributed by atoms with van der Waals surface area (Å²) in [6, 6.07) is 8.29. The first kappa shape index (κ1) is 22.1. The van der Waals surface area contributed by atoms with Gasteiger partial charge in [-0.25, -0.2) is 9.59 Å².